The van der Waals surface area contributed by atoms with Crippen molar-refractivity contribution in [1.29, 1.82) is 0 Å². The summed E-state index contributed by atoms with van der Waals surface area (Å²) in [5.74, 6) is -4.13. The molecule has 4 unspecified atom stereocenters. The van der Waals surface area contributed by atoms with E-state index >= 15 is 0 Å². The Hall–Kier alpha value is -2.69. The van der Waals surface area contributed by atoms with Gasteiger partial charge in [0.1, 0.15) is 18.1 Å². The Morgan fingerprint density at radius 1 is 0.742 bits per heavy atom. The second-order valence-corrected chi connectivity index (χ2v) is 8.49. The normalized spacial score (nSPS) is 15.0. The van der Waals surface area contributed by atoms with Crippen molar-refractivity contribution >= 4 is 29.7 Å². The number of carbonyl (C=O) groups is 5. The molecule has 178 valence electrons. The quantitative estimate of drug-likeness (QED) is 0.213. The van der Waals surface area contributed by atoms with Gasteiger partial charge in [-0.3, -0.25) is 19.2 Å². The number of rotatable bonds is 14. The fourth-order valence-corrected chi connectivity index (χ4v) is 2.76. The highest BCUT2D eigenvalue weighted by Crippen LogP contribution is 2.09. The molecule has 0 heterocycles. The first-order valence-corrected chi connectivity index (χ1v) is 10.4. The van der Waals surface area contributed by atoms with Gasteiger partial charge in [-0.05, 0) is 38.0 Å². The van der Waals surface area contributed by atoms with Crippen molar-refractivity contribution in [2.45, 2.75) is 84.5 Å². The molecule has 0 aliphatic carbocycles. The van der Waals surface area contributed by atoms with Gasteiger partial charge in [-0.1, -0.05) is 27.7 Å². The van der Waals surface area contributed by atoms with Crippen molar-refractivity contribution in [2.24, 2.45) is 17.6 Å². The van der Waals surface area contributed by atoms with Crippen LogP contribution < -0.4 is 21.7 Å². The second kappa shape index (κ2) is 13.6. The Morgan fingerprint density at radius 3 is 1.68 bits per heavy atom. The molecule has 0 aliphatic heterocycles. The number of amides is 3. The third kappa shape index (κ3) is 11.9. The first-order chi connectivity index (χ1) is 14.2. The van der Waals surface area contributed by atoms with Crippen LogP contribution >= 0.6 is 0 Å². The Morgan fingerprint density at radius 2 is 1.23 bits per heavy atom. The SMILES string of the molecule is CC(C)CC(NC(=O)C(CC(C)C)NC(=O)C(C)NC(=O)C(N)CCC(=O)O)C(=O)O. The molecule has 0 saturated carbocycles. The minimum atomic E-state index is -1.16. The largest absolute Gasteiger partial charge is 0.481 e. The van der Waals surface area contributed by atoms with Crippen LogP contribution in [0.2, 0.25) is 0 Å². The third-order valence-corrected chi connectivity index (χ3v) is 4.42. The number of carboxylic acids is 2. The first kappa shape index (κ1) is 28.3. The maximum Gasteiger partial charge on any atom is 0.326 e. The van der Waals surface area contributed by atoms with Gasteiger partial charge in [0.15, 0.2) is 0 Å². The maximum atomic E-state index is 12.7. The molecule has 0 aliphatic rings. The summed E-state index contributed by atoms with van der Waals surface area (Å²) in [6.07, 6.45) is 0.141. The third-order valence-electron chi connectivity index (χ3n) is 4.42. The zero-order chi connectivity index (χ0) is 24.3. The Bertz CT molecular complexity index is 651. The van der Waals surface area contributed by atoms with E-state index in [2.05, 4.69) is 16.0 Å². The summed E-state index contributed by atoms with van der Waals surface area (Å²) >= 11 is 0. The predicted molar refractivity (Wildman–Crippen MR) is 113 cm³/mol. The Kier molecular flexibility index (Phi) is 12.4. The Labute approximate surface area is 182 Å². The van der Waals surface area contributed by atoms with Crippen molar-refractivity contribution in [2.75, 3.05) is 0 Å². The van der Waals surface area contributed by atoms with Crippen LogP contribution in [-0.2, 0) is 24.0 Å². The van der Waals surface area contributed by atoms with Crippen LogP contribution in [0.1, 0.15) is 60.3 Å². The molecule has 0 spiro atoms. The minimum Gasteiger partial charge on any atom is -0.481 e. The highest BCUT2D eigenvalue weighted by Gasteiger charge is 2.29. The van der Waals surface area contributed by atoms with Crippen molar-refractivity contribution in [3.8, 4) is 0 Å². The second-order valence-electron chi connectivity index (χ2n) is 8.49. The molecule has 0 bridgehead atoms. The topological polar surface area (TPSA) is 188 Å². The number of aliphatic carboxylic acids is 2. The van der Waals surface area contributed by atoms with Gasteiger partial charge in [-0.25, -0.2) is 4.79 Å². The average Bonchev–Trinajstić information content (AvgIpc) is 2.63. The lowest BCUT2D eigenvalue weighted by atomic mass is 10.0. The zero-order valence-electron chi connectivity index (χ0n) is 18.8. The smallest absolute Gasteiger partial charge is 0.326 e. The lowest BCUT2D eigenvalue weighted by molar-refractivity contribution is -0.143. The number of hydrogen-bond acceptors (Lipinski definition) is 6. The van der Waals surface area contributed by atoms with Crippen LogP contribution in [-0.4, -0.2) is 64.0 Å². The highest BCUT2D eigenvalue weighted by molar-refractivity contribution is 5.93. The van der Waals surface area contributed by atoms with Gasteiger partial charge in [0, 0.05) is 6.42 Å². The molecule has 0 aromatic heterocycles. The molecule has 0 saturated heterocycles. The van der Waals surface area contributed by atoms with Gasteiger partial charge in [-0.15, -0.1) is 0 Å². The van der Waals surface area contributed by atoms with E-state index in [4.69, 9.17) is 10.8 Å². The van der Waals surface area contributed by atoms with Crippen molar-refractivity contribution < 1.29 is 34.2 Å². The minimum absolute atomic E-state index is 0.0266. The van der Waals surface area contributed by atoms with Crippen molar-refractivity contribution in [3.63, 3.8) is 0 Å². The molecule has 11 heteroatoms. The molecule has 31 heavy (non-hydrogen) atoms. The average molecular weight is 445 g/mol. The van der Waals surface area contributed by atoms with Crippen LogP contribution in [0.15, 0.2) is 0 Å². The molecule has 11 nitrogen and oxygen atoms in total. The fourth-order valence-electron chi connectivity index (χ4n) is 2.76. The van der Waals surface area contributed by atoms with Gasteiger partial charge in [0.2, 0.25) is 17.7 Å². The number of carbonyl (C=O) groups excluding carboxylic acids is 3. The summed E-state index contributed by atoms with van der Waals surface area (Å²) in [6, 6.07) is -4.18. The van der Waals surface area contributed by atoms with Crippen molar-refractivity contribution in [3.05, 3.63) is 0 Å². The van der Waals surface area contributed by atoms with Crippen molar-refractivity contribution in [1.82, 2.24) is 16.0 Å². The highest BCUT2D eigenvalue weighted by atomic mass is 16.4. The number of nitrogens with one attached hydrogen (secondary N) is 3. The summed E-state index contributed by atoms with van der Waals surface area (Å²) in [5, 5.41) is 25.4. The predicted octanol–water partition coefficient (Wildman–Crippen LogP) is -0.170. The number of carboxylic acid groups (broad SMARTS) is 2. The lowest BCUT2D eigenvalue weighted by Gasteiger charge is -2.25. The Balaban J connectivity index is 5.06. The van der Waals surface area contributed by atoms with Crippen LogP contribution in [0.5, 0.6) is 0 Å². The van der Waals surface area contributed by atoms with E-state index in [-0.39, 0.29) is 37.5 Å². The van der Waals surface area contributed by atoms with E-state index in [1.165, 1.54) is 6.92 Å². The lowest BCUT2D eigenvalue weighted by Crippen LogP contribution is -2.56. The number of hydrogen-bond donors (Lipinski definition) is 6. The molecule has 0 rings (SSSR count). The van der Waals surface area contributed by atoms with E-state index in [1.54, 1.807) is 0 Å². The van der Waals surface area contributed by atoms with Gasteiger partial charge in [-0.2, -0.15) is 0 Å². The summed E-state index contributed by atoms with van der Waals surface area (Å²) < 4.78 is 0. The monoisotopic (exact) mass is 444 g/mol. The van der Waals surface area contributed by atoms with Crippen LogP contribution in [0.25, 0.3) is 0 Å². The van der Waals surface area contributed by atoms with E-state index < -0.39 is 53.8 Å². The fraction of sp³-hybridized carbons (Fsp3) is 0.750. The van der Waals surface area contributed by atoms with E-state index in [1.807, 2.05) is 27.7 Å². The van der Waals surface area contributed by atoms with Crippen LogP contribution in [0.4, 0.5) is 0 Å². The van der Waals surface area contributed by atoms with Gasteiger partial charge >= 0.3 is 11.9 Å². The van der Waals surface area contributed by atoms with Gasteiger partial charge < -0.3 is 31.9 Å². The molecule has 0 radical (unpaired) electrons. The van der Waals surface area contributed by atoms with E-state index in [9.17, 15) is 29.1 Å². The molecule has 4 atom stereocenters. The molecular formula is C20H36N4O7. The van der Waals surface area contributed by atoms with Crippen LogP contribution in [0.3, 0.4) is 0 Å². The molecule has 7 N–H and O–H groups in total. The summed E-state index contributed by atoms with van der Waals surface area (Å²) in [4.78, 5) is 59.2. The molecule has 0 fully saturated rings. The zero-order valence-corrected chi connectivity index (χ0v) is 18.8. The molecule has 0 aromatic carbocycles. The first-order valence-electron chi connectivity index (χ1n) is 10.4. The summed E-state index contributed by atoms with van der Waals surface area (Å²) in [6.45, 7) is 8.77. The van der Waals surface area contributed by atoms with E-state index in [0.717, 1.165) is 0 Å². The maximum absolute atomic E-state index is 12.7. The molecular weight excluding hydrogens is 408 g/mol. The van der Waals surface area contributed by atoms with Gasteiger partial charge in [0.25, 0.3) is 0 Å². The van der Waals surface area contributed by atoms with Crippen LogP contribution in [0, 0.1) is 11.8 Å². The molecule has 3 amide bonds. The number of nitrogens with two attached hydrogens (primary N) is 1. The standard InChI is InChI=1S/C20H36N4O7/c1-10(2)8-14(19(29)24-15(20(30)31)9-11(3)4)23-17(27)12(5)22-18(28)13(21)6-7-16(25)26/h10-15H,6-9,21H2,1-5H3,(H,22,28)(H,23,27)(H,24,29)(H,25,26)(H,30,31). The summed E-state index contributed by atoms with van der Waals surface area (Å²) in [5.41, 5.74) is 5.63. The van der Waals surface area contributed by atoms with Gasteiger partial charge in [0.05, 0.1) is 6.04 Å². The van der Waals surface area contributed by atoms with E-state index in [0.29, 0.717) is 0 Å². The molecule has 0 aromatic rings. The summed E-state index contributed by atoms with van der Waals surface area (Å²) in [7, 11) is 0.